The van der Waals surface area contributed by atoms with Crippen molar-refractivity contribution in [2.75, 3.05) is 13.1 Å². The molecule has 0 spiro atoms. The molecule has 1 aliphatic carbocycles. The van der Waals surface area contributed by atoms with Gasteiger partial charge >= 0.3 is 11.8 Å². The molecule has 2 aliphatic rings. The van der Waals surface area contributed by atoms with Crippen molar-refractivity contribution in [3.63, 3.8) is 0 Å². The number of hydrogen-bond donors (Lipinski definition) is 0. The molecule has 0 atom stereocenters. The van der Waals surface area contributed by atoms with E-state index in [1.54, 1.807) is 28.4 Å². The molecule has 2 aromatic rings. The van der Waals surface area contributed by atoms with Gasteiger partial charge in [-0.15, -0.1) is 0 Å². The fourth-order valence-corrected chi connectivity index (χ4v) is 3.58. The van der Waals surface area contributed by atoms with Crippen molar-refractivity contribution in [1.82, 2.24) is 29.8 Å². The average molecular weight is 340 g/mol. The van der Waals surface area contributed by atoms with Crippen LogP contribution in [0.1, 0.15) is 31.4 Å². The standard InChI is InChI=1S/C17H20N6O2/c24-16-17(25)22(14-3-1-2-4-14)10-9-21(16)12-13-5-6-15(11-18-13)23-19-7-8-20-23/h5-8,11,14H,1-4,9-10,12H2. The molecule has 2 aromatic heterocycles. The number of carbonyl (C=O) groups is 2. The molecular weight excluding hydrogens is 320 g/mol. The van der Waals surface area contributed by atoms with Gasteiger partial charge in [0.1, 0.15) is 5.69 Å². The Morgan fingerprint density at radius 2 is 1.76 bits per heavy atom. The highest BCUT2D eigenvalue weighted by Gasteiger charge is 2.37. The lowest BCUT2D eigenvalue weighted by Crippen LogP contribution is -2.56. The third-order valence-electron chi connectivity index (χ3n) is 4.92. The van der Waals surface area contributed by atoms with E-state index in [-0.39, 0.29) is 11.9 Å². The van der Waals surface area contributed by atoms with Gasteiger partial charge in [0, 0.05) is 19.1 Å². The average Bonchev–Trinajstić information content (AvgIpc) is 3.33. The molecule has 0 aromatic carbocycles. The van der Waals surface area contributed by atoms with E-state index in [0.717, 1.165) is 37.1 Å². The lowest BCUT2D eigenvalue weighted by Gasteiger charge is -2.37. The molecule has 8 nitrogen and oxygen atoms in total. The highest BCUT2D eigenvalue weighted by molar-refractivity contribution is 6.35. The van der Waals surface area contributed by atoms with Crippen molar-refractivity contribution >= 4 is 11.8 Å². The minimum atomic E-state index is -0.419. The van der Waals surface area contributed by atoms with Crippen LogP contribution in [0.3, 0.4) is 0 Å². The Hall–Kier alpha value is -2.77. The summed E-state index contributed by atoms with van der Waals surface area (Å²) in [7, 11) is 0. The third-order valence-corrected chi connectivity index (χ3v) is 4.92. The molecule has 1 saturated heterocycles. The van der Waals surface area contributed by atoms with E-state index < -0.39 is 5.91 Å². The molecule has 25 heavy (non-hydrogen) atoms. The maximum absolute atomic E-state index is 12.4. The van der Waals surface area contributed by atoms with Gasteiger partial charge in [-0.2, -0.15) is 15.0 Å². The second-order valence-electron chi connectivity index (χ2n) is 6.49. The summed E-state index contributed by atoms with van der Waals surface area (Å²) >= 11 is 0. The first-order valence-corrected chi connectivity index (χ1v) is 8.64. The van der Waals surface area contributed by atoms with Gasteiger partial charge in [0.2, 0.25) is 0 Å². The molecule has 3 heterocycles. The maximum Gasteiger partial charge on any atom is 0.312 e. The molecule has 1 saturated carbocycles. The van der Waals surface area contributed by atoms with E-state index in [1.807, 2.05) is 12.1 Å². The van der Waals surface area contributed by atoms with Gasteiger partial charge in [0.25, 0.3) is 0 Å². The second-order valence-corrected chi connectivity index (χ2v) is 6.49. The highest BCUT2D eigenvalue weighted by Crippen LogP contribution is 2.25. The molecule has 8 heteroatoms. The van der Waals surface area contributed by atoms with Crippen LogP contribution in [0.15, 0.2) is 30.7 Å². The number of rotatable bonds is 4. The van der Waals surface area contributed by atoms with Crippen LogP contribution in [0.2, 0.25) is 0 Å². The van der Waals surface area contributed by atoms with Crippen molar-refractivity contribution in [3.05, 3.63) is 36.4 Å². The van der Waals surface area contributed by atoms with E-state index in [4.69, 9.17) is 0 Å². The number of piperazine rings is 1. The lowest BCUT2D eigenvalue weighted by molar-refractivity contribution is -0.158. The highest BCUT2D eigenvalue weighted by atomic mass is 16.2. The Kier molecular flexibility index (Phi) is 4.17. The summed E-state index contributed by atoms with van der Waals surface area (Å²) in [5, 5.41) is 8.10. The minimum Gasteiger partial charge on any atom is -0.330 e. The third kappa shape index (κ3) is 3.11. The van der Waals surface area contributed by atoms with Crippen LogP contribution < -0.4 is 0 Å². The number of hydrogen-bond acceptors (Lipinski definition) is 5. The predicted molar refractivity (Wildman–Crippen MR) is 88.5 cm³/mol. The number of carbonyl (C=O) groups excluding carboxylic acids is 2. The monoisotopic (exact) mass is 340 g/mol. The van der Waals surface area contributed by atoms with E-state index >= 15 is 0 Å². The topological polar surface area (TPSA) is 84.2 Å². The van der Waals surface area contributed by atoms with Crippen LogP contribution in [0.4, 0.5) is 0 Å². The quantitative estimate of drug-likeness (QED) is 0.768. The number of amides is 2. The Balaban J connectivity index is 1.41. The number of aromatic nitrogens is 4. The summed E-state index contributed by atoms with van der Waals surface area (Å²) < 4.78 is 0. The summed E-state index contributed by atoms with van der Waals surface area (Å²) in [4.78, 5) is 34.0. The smallest absolute Gasteiger partial charge is 0.312 e. The van der Waals surface area contributed by atoms with Gasteiger partial charge in [0.15, 0.2) is 0 Å². The second kappa shape index (κ2) is 6.62. The maximum atomic E-state index is 12.4. The molecule has 130 valence electrons. The fraction of sp³-hybridized carbons (Fsp3) is 0.471. The van der Waals surface area contributed by atoms with E-state index in [0.29, 0.717) is 19.6 Å². The molecule has 4 rings (SSSR count). The van der Waals surface area contributed by atoms with Crippen molar-refractivity contribution in [2.45, 2.75) is 38.3 Å². The van der Waals surface area contributed by atoms with Crippen LogP contribution in [0, 0.1) is 0 Å². The fourth-order valence-electron chi connectivity index (χ4n) is 3.58. The Bertz CT molecular complexity index is 752. The zero-order chi connectivity index (χ0) is 17.2. The molecule has 0 bridgehead atoms. The summed E-state index contributed by atoms with van der Waals surface area (Å²) in [5.74, 6) is -0.784. The molecular formula is C17H20N6O2. The molecule has 1 aliphatic heterocycles. The Labute approximate surface area is 145 Å². The van der Waals surface area contributed by atoms with E-state index in [1.165, 1.54) is 4.80 Å². The van der Waals surface area contributed by atoms with Gasteiger partial charge in [0.05, 0.1) is 30.8 Å². The van der Waals surface area contributed by atoms with E-state index in [2.05, 4.69) is 15.2 Å². The van der Waals surface area contributed by atoms with Crippen molar-refractivity contribution in [1.29, 1.82) is 0 Å². The van der Waals surface area contributed by atoms with Crippen LogP contribution in [0.5, 0.6) is 0 Å². The summed E-state index contributed by atoms with van der Waals surface area (Å²) in [5.41, 5.74) is 1.49. The number of pyridine rings is 1. The van der Waals surface area contributed by atoms with Crippen LogP contribution in [0.25, 0.3) is 5.69 Å². The van der Waals surface area contributed by atoms with Gasteiger partial charge in [-0.1, -0.05) is 12.8 Å². The zero-order valence-electron chi connectivity index (χ0n) is 13.9. The molecule has 0 unspecified atom stereocenters. The molecule has 2 amide bonds. The van der Waals surface area contributed by atoms with Gasteiger partial charge in [-0.25, -0.2) is 0 Å². The number of nitrogens with zero attached hydrogens (tertiary/aromatic N) is 6. The van der Waals surface area contributed by atoms with Crippen LogP contribution in [-0.2, 0) is 16.1 Å². The van der Waals surface area contributed by atoms with Crippen molar-refractivity contribution in [3.8, 4) is 5.69 Å². The minimum absolute atomic E-state index is 0.248. The van der Waals surface area contributed by atoms with Crippen molar-refractivity contribution < 1.29 is 9.59 Å². The van der Waals surface area contributed by atoms with Crippen molar-refractivity contribution in [2.24, 2.45) is 0 Å². The van der Waals surface area contributed by atoms with Crippen LogP contribution >= 0.6 is 0 Å². The first-order chi connectivity index (χ1) is 12.2. The first-order valence-electron chi connectivity index (χ1n) is 8.64. The Morgan fingerprint density at radius 1 is 1.00 bits per heavy atom. The van der Waals surface area contributed by atoms with Gasteiger partial charge in [-0.3, -0.25) is 14.6 Å². The van der Waals surface area contributed by atoms with E-state index in [9.17, 15) is 9.59 Å². The largest absolute Gasteiger partial charge is 0.330 e. The zero-order valence-corrected chi connectivity index (χ0v) is 13.9. The summed E-state index contributed by atoms with van der Waals surface area (Å²) in [6.07, 6.45) is 9.19. The SMILES string of the molecule is O=C1C(=O)N(C2CCCC2)CCN1Cc1ccc(-n2nccn2)cn1. The first kappa shape index (κ1) is 15.7. The van der Waals surface area contributed by atoms with Gasteiger partial charge in [-0.05, 0) is 25.0 Å². The molecule has 2 fully saturated rings. The Morgan fingerprint density at radius 3 is 2.44 bits per heavy atom. The lowest BCUT2D eigenvalue weighted by atomic mass is 10.1. The van der Waals surface area contributed by atoms with Crippen LogP contribution in [-0.4, -0.2) is 60.7 Å². The molecule has 0 N–H and O–H groups in total. The molecule has 0 radical (unpaired) electrons. The van der Waals surface area contributed by atoms with Gasteiger partial charge < -0.3 is 9.80 Å². The predicted octanol–water partition coefficient (Wildman–Crippen LogP) is 0.776. The normalized spacial score (nSPS) is 19.0. The summed E-state index contributed by atoms with van der Waals surface area (Å²) in [6, 6.07) is 3.93. The summed E-state index contributed by atoms with van der Waals surface area (Å²) in [6.45, 7) is 1.52.